The number of aryl methyl sites for hydroxylation is 1. The summed E-state index contributed by atoms with van der Waals surface area (Å²) in [6.45, 7) is 5.94. The van der Waals surface area contributed by atoms with Gasteiger partial charge >= 0.3 is 0 Å². The summed E-state index contributed by atoms with van der Waals surface area (Å²) < 4.78 is 6.48. The van der Waals surface area contributed by atoms with Crippen LogP contribution in [0.15, 0.2) is 42.6 Å². The minimum Gasteiger partial charge on any atom is -0.371 e. The summed E-state index contributed by atoms with van der Waals surface area (Å²) in [5.41, 5.74) is 3.29. The van der Waals surface area contributed by atoms with Crippen LogP contribution in [0.3, 0.4) is 0 Å². The van der Waals surface area contributed by atoms with Gasteiger partial charge in [-0.15, -0.1) is 11.8 Å². The summed E-state index contributed by atoms with van der Waals surface area (Å²) in [6, 6.07) is 12.3. The number of hydrogen-bond acceptors (Lipinski definition) is 5. The topological polar surface area (TPSA) is 38.2 Å². The monoisotopic (exact) mass is 341 g/mol. The Balaban J connectivity index is 1.24. The Morgan fingerprint density at radius 1 is 1.21 bits per heavy atom. The lowest BCUT2D eigenvalue weighted by Gasteiger charge is -2.47. The molecule has 4 nitrogen and oxygen atoms in total. The van der Waals surface area contributed by atoms with Crippen LogP contribution in [0.2, 0.25) is 0 Å². The zero-order chi connectivity index (χ0) is 16.4. The quantitative estimate of drug-likeness (QED) is 0.836. The molecule has 1 atom stereocenters. The largest absolute Gasteiger partial charge is 0.371 e. The molecule has 24 heavy (non-hydrogen) atoms. The summed E-state index contributed by atoms with van der Waals surface area (Å²) in [7, 11) is 0. The maximum Gasteiger partial charge on any atom is 0.0892 e. The second kappa shape index (κ2) is 6.82. The molecule has 1 spiro atoms. The first-order valence-electron chi connectivity index (χ1n) is 8.51. The van der Waals surface area contributed by atoms with Crippen molar-refractivity contribution in [2.75, 3.05) is 18.8 Å². The van der Waals surface area contributed by atoms with Crippen molar-refractivity contribution in [1.82, 2.24) is 14.9 Å². The van der Waals surface area contributed by atoms with E-state index in [1.807, 2.05) is 24.4 Å². The van der Waals surface area contributed by atoms with Gasteiger partial charge in [0.1, 0.15) is 0 Å². The molecule has 2 aliphatic rings. The van der Waals surface area contributed by atoms with E-state index in [0.29, 0.717) is 17.5 Å². The SMILES string of the molecule is Cc1cccc(CN2CC3(C[C@H](OCc4ccccn4)CS3)C2)n1. The predicted molar refractivity (Wildman–Crippen MR) is 96.9 cm³/mol. The third-order valence-electron chi connectivity index (χ3n) is 4.72. The van der Waals surface area contributed by atoms with Crippen molar-refractivity contribution >= 4 is 11.8 Å². The Labute approximate surface area is 147 Å². The maximum absolute atomic E-state index is 6.08. The van der Waals surface area contributed by atoms with Gasteiger partial charge in [-0.1, -0.05) is 12.1 Å². The highest BCUT2D eigenvalue weighted by molar-refractivity contribution is 8.01. The van der Waals surface area contributed by atoms with Crippen LogP contribution in [-0.2, 0) is 17.9 Å². The van der Waals surface area contributed by atoms with E-state index in [9.17, 15) is 0 Å². The highest BCUT2D eigenvalue weighted by Crippen LogP contribution is 2.46. The van der Waals surface area contributed by atoms with E-state index in [0.717, 1.165) is 43.2 Å². The molecule has 2 aromatic heterocycles. The van der Waals surface area contributed by atoms with Crippen LogP contribution in [-0.4, -0.2) is 44.6 Å². The first kappa shape index (κ1) is 16.1. The molecule has 2 fully saturated rings. The molecular weight excluding hydrogens is 318 g/mol. The molecule has 0 saturated carbocycles. The van der Waals surface area contributed by atoms with E-state index in [-0.39, 0.29) is 0 Å². The van der Waals surface area contributed by atoms with E-state index in [1.54, 1.807) is 0 Å². The van der Waals surface area contributed by atoms with Crippen molar-refractivity contribution < 1.29 is 4.74 Å². The van der Waals surface area contributed by atoms with Gasteiger partial charge in [-0.3, -0.25) is 14.9 Å². The highest BCUT2D eigenvalue weighted by Gasteiger charge is 2.49. The molecule has 2 aromatic rings. The number of ether oxygens (including phenoxy) is 1. The molecule has 0 amide bonds. The molecule has 4 rings (SSSR count). The Kier molecular flexibility index (Phi) is 4.57. The van der Waals surface area contributed by atoms with E-state index >= 15 is 0 Å². The molecule has 0 aromatic carbocycles. The minimum atomic E-state index is 0.358. The lowest BCUT2D eigenvalue weighted by Crippen LogP contribution is -2.58. The zero-order valence-electron chi connectivity index (χ0n) is 14.0. The molecule has 0 aliphatic carbocycles. The summed E-state index contributed by atoms with van der Waals surface area (Å²) in [4.78, 5) is 11.4. The summed E-state index contributed by atoms with van der Waals surface area (Å²) in [5.74, 6) is 1.10. The van der Waals surface area contributed by atoms with Gasteiger partial charge < -0.3 is 4.74 Å². The smallest absolute Gasteiger partial charge is 0.0892 e. The number of thioether (sulfide) groups is 1. The Morgan fingerprint density at radius 2 is 2.08 bits per heavy atom. The number of aromatic nitrogens is 2. The van der Waals surface area contributed by atoms with Crippen LogP contribution in [0.4, 0.5) is 0 Å². The third-order valence-corrected chi connectivity index (χ3v) is 6.30. The van der Waals surface area contributed by atoms with E-state index in [1.165, 1.54) is 5.69 Å². The van der Waals surface area contributed by atoms with Gasteiger partial charge in [0.2, 0.25) is 0 Å². The molecule has 2 aliphatic heterocycles. The number of pyridine rings is 2. The lowest BCUT2D eigenvalue weighted by atomic mass is 9.93. The Bertz CT molecular complexity index is 688. The molecule has 4 heterocycles. The Morgan fingerprint density at radius 3 is 2.88 bits per heavy atom. The second-order valence-corrected chi connectivity index (χ2v) is 8.36. The first-order chi connectivity index (χ1) is 11.7. The van der Waals surface area contributed by atoms with Gasteiger partial charge in [-0.05, 0) is 37.6 Å². The van der Waals surface area contributed by atoms with Crippen molar-refractivity contribution in [3.63, 3.8) is 0 Å². The fourth-order valence-corrected chi connectivity index (χ4v) is 5.22. The van der Waals surface area contributed by atoms with Gasteiger partial charge in [-0.25, -0.2) is 0 Å². The lowest BCUT2D eigenvalue weighted by molar-refractivity contribution is 0.0248. The minimum absolute atomic E-state index is 0.358. The number of likely N-dealkylation sites (tertiary alicyclic amines) is 1. The van der Waals surface area contributed by atoms with Crippen molar-refractivity contribution in [3.8, 4) is 0 Å². The van der Waals surface area contributed by atoms with Crippen molar-refractivity contribution in [2.45, 2.75) is 37.3 Å². The molecular formula is C19H23N3OS. The van der Waals surface area contributed by atoms with Crippen LogP contribution in [0.5, 0.6) is 0 Å². The molecule has 0 bridgehead atoms. The van der Waals surface area contributed by atoms with Gasteiger partial charge in [0, 0.05) is 42.0 Å². The molecule has 0 unspecified atom stereocenters. The van der Waals surface area contributed by atoms with Crippen LogP contribution >= 0.6 is 11.8 Å². The summed E-state index contributed by atoms with van der Waals surface area (Å²) in [6.07, 6.45) is 3.34. The van der Waals surface area contributed by atoms with Crippen molar-refractivity contribution in [2.24, 2.45) is 0 Å². The predicted octanol–water partition coefficient (Wildman–Crippen LogP) is 3.06. The second-order valence-electron chi connectivity index (χ2n) is 6.87. The summed E-state index contributed by atoms with van der Waals surface area (Å²) in [5, 5.41) is 0. The number of rotatable bonds is 5. The normalized spacial score (nSPS) is 22.6. The average molecular weight is 341 g/mol. The fraction of sp³-hybridized carbons (Fsp3) is 0.474. The van der Waals surface area contributed by atoms with Crippen LogP contribution < -0.4 is 0 Å². The van der Waals surface area contributed by atoms with Crippen molar-refractivity contribution in [3.05, 3.63) is 59.7 Å². The average Bonchev–Trinajstić information content (AvgIpc) is 2.98. The molecule has 0 N–H and O–H groups in total. The number of nitrogens with zero attached hydrogens (tertiary/aromatic N) is 3. The Hall–Kier alpha value is -1.43. The van der Waals surface area contributed by atoms with Crippen molar-refractivity contribution in [1.29, 1.82) is 0 Å². The molecule has 0 radical (unpaired) electrons. The van der Waals surface area contributed by atoms with Gasteiger partial charge in [0.05, 0.1) is 24.1 Å². The van der Waals surface area contributed by atoms with Gasteiger partial charge in [0.25, 0.3) is 0 Å². The maximum atomic E-state index is 6.08. The van der Waals surface area contributed by atoms with E-state index < -0.39 is 0 Å². The first-order valence-corrected chi connectivity index (χ1v) is 9.50. The summed E-state index contributed by atoms with van der Waals surface area (Å²) >= 11 is 2.08. The van der Waals surface area contributed by atoms with Gasteiger partial charge in [-0.2, -0.15) is 0 Å². The third kappa shape index (κ3) is 3.63. The molecule has 126 valence electrons. The standard InChI is InChI=1S/C19H23N3OS/c1-15-5-4-7-16(21-15)10-22-13-19(14-22)9-18(12-24-19)23-11-17-6-2-3-8-20-17/h2-8,18H,9-14H2,1H3/t18-/m0/s1. The highest BCUT2D eigenvalue weighted by atomic mass is 32.2. The van der Waals surface area contributed by atoms with Gasteiger partial charge in [0.15, 0.2) is 0 Å². The van der Waals surface area contributed by atoms with E-state index in [2.05, 4.69) is 51.8 Å². The van der Waals surface area contributed by atoms with Crippen LogP contribution in [0.25, 0.3) is 0 Å². The van der Waals surface area contributed by atoms with Crippen LogP contribution in [0, 0.1) is 6.92 Å². The molecule has 2 saturated heterocycles. The zero-order valence-corrected chi connectivity index (χ0v) is 14.8. The van der Waals surface area contributed by atoms with Crippen LogP contribution in [0.1, 0.15) is 23.5 Å². The van der Waals surface area contributed by atoms with E-state index in [4.69, 9.17) is 4.74 Å². The number of hydrogen-bond donors (Lipinski definition) is 0. The fourth-order valence-electron chi connectivity index (χ4n) is 3.61. The molecule has 5 heteroatoms.